The molecule has 0 amide bonds. The van der Waals surface area contributed by atoms with Gasteiger partial charge in [-0.25, -0.2) is 0 Å². The summed E-state index contributed by atoms with van der Waals surface area (Å²) < 4.78 is 0. The van der Waals surface area contributed by atoms with Crippen molar-refractivity contribution in [3.63, 3.8) is 0 Å². The number of aryl methyl sites for hydroxylation is 2. The van der Waals surface area contributed by atoms with E-state index in [9.17, 15) is 5.11 Å². The van der Waals surface area contributed by atoms with E-state index < -0.39 is 0 Å². The second-order valence-electron chi connectivity index (χ2n) is 3.11. The number of benzene rings is 1. The minimum Gasteiger partial charge on any atom is -0.505 e. The zero-order valence-corrected chi connectivity index (χ0v) is 8.02. The van der Waals surface area contributed by atoms with Gasteiger partial charge in [0.25, 0.3) is 0 Å². The van der Waals surface area contributed by atoms with Gasteiger partial charge in [-0.05, 0) is 37.5 Å². The molecule has 0 radical (unpaired) electrons. The molecule has 1 aromatic rings. The van der Waals surface area contributed by atoms with E-state index in [4.69, 9.17) is 0 Å². The van der Waals surface area contributed by atoms with Gasteiger partial charge < -0.3 is 10.4 Å². The normalized spacial score (nSPS) is 10.0. The van der Waals surface area contributed by atoms with Crippen LogP contribution >= 0.6 is 0 Å². The van der Waals surface area contributed by atoms with E-state index in [1.807, 2.05) is 27.8 Å². The molecular weight excluding hydrogens is 150 g/mol. The van der Waals surface area contributed by atoms with Gasteiger partial charge in [0, 0.05) is 7.05 Å². The maximum absolute atomic E-state index is 9.70. The first kappa shape index (κ1) is 8.91. The molecule has 0 fully saturated rings. The van der Waals surface area contributed by atoms with E-state index in [-0.39, 0.29) is 0 Å². The van der Waals surface area contributed by atoms with E-state index in [0.29, 0.717) is 5.75 Å². The third kappa shape index (κ3) is 1.24. The van der Waals surface area contributed by atoms with Crippen molar-refractivity contribution in [1.82, 2.24) is 0 Å². The molecule has 0 aliphatic rings. The fourth-order valence-corrected chi connectivity index (χ4v) is 1.38. The molecule has 0 spiro atoms. The van der Waals surface area contributed by atoms with Gasteiger partial charge in [0.15, 0.2) is 0 Å². The van der Waals surface area contributed by atoms with Crippen LogP contribution in [0.4, 0.5) is 5.69 Å². The molecule has 0 bridgehead atoms. The first-order valence-corrected chi connectivity index (χ1v) is 4.05. The molecule has 66 valence electrons. The van der Waals surface area contributed by atoms with Crippen molar-refractivity contribution in [2.24, 2.45) is 0 Å². The molecule has 0 aromatic heterocycles. The first-order valence-electron chi connectivity index (χ1n) is 4.05. The van der Waals surface area contributed by atoms with Crippen LogP contribution in [0.15, 0.2) is 6.07 Å². The summed E-state index contributed by atoms with van der Waals surface area (Å²) in [6.07, 6.45) is 0. The highest BCUT2D eigenvalue weighted by atomic mass is 16.3. The molecule has 12 heavy (non-hydrogen) atoms. The summed E-state index contributed by atoms with van der Waals surface area (Å²) in [5.74, 6) is 0.370. The summed E-state index contributed by atoms with van der Waals surface area (Å²) in [4.78, 5) is 0. The maximum atomic E-state index is 9.70. The highest BCUT2D eigenvalue weighted by molar-refractivity contribution is 5.65. The van der Waals surface area contributed by atoms with Crippen LogP contribution in [0, 0.1) is 20.8 Å². The summed E-state index contributed by atoms with van der Waals surface area (Å²) in [6.45, 7) is 5.91. The smallest absolute Gasteiger partial charge is 0.142 e. The molecule has 0 unspecified atom stereocenters. The van der Waals surface area contributed by atoms with Gasteiger partial charge in [-0.2, -0.15) is 0 Å². The lowest BCUT2D eigenvalue weighted by Crippen LogP contribution is -1.95. The highest BCUT2D eigenvalue weighted by Crippen LogP contribution is 2.32. The average Bonchev–Trinajstić information content (AvgIpc) is 2.01. The number of hydrogen-bond acceptors (Lipinski definition) is 2. The van der Waals surface area contributed by atoms with Gasteiger partial charge in [0.2, 0.25) is 0 Å². The van der Waals surface area contributed by atoms with E-state index in [1.165, 1.54) is 0 Å². The molecule has 2 N–H and O–H groups in total. The largest absolute Gasteiger partial charge is 0.505 e. The molecule has 2 heteroatoms. The number of phenolic OH excluding ortho intramolecular Hbond substituents is 1. The average molecular weight is 165 g/mol. The predicted octanol–water partition coefficient (Wildman–Crippen LogP) is 2.36. The highest BCUT2D eigenvalue weighted by Gasteiger charge is 2.07. The molecule has 0 aliphatic heterocycles. The number of phenols is 1. The van der Waals surface area contributed by atoms with Gasteiger partial charge >= 0.3 is 0 Å². The van der Waals surface area contributed by atoms with E-state index in [1.54, 1.807) is 0 Å². The van der Waals surface area contributed by atoms with Crippen molar-refractivity contribution in [1.29, 1.82) is 0 Å². The third-order valence-corrected chi connectivity index (χ3v) is 2.26. The number of hydrogen-bond donors (Lipinski definition) is 2. The molecule has 0 heterocycles. The lowest BCUT2D eigenvalue weighted by atomic mass is 10.0. The SMILES string of the molecule is CNc1c(C)cc(C)c(C)c1O. The van der Waals surface area contributed by atoms with Gasteiger partial charge in [0.1, 0.15) is 5.75 Å². The summed E-state index contributed by atoms with van der Waals surface area (Å²) in [5, 5.41) is 12.7. The standard InChI is InChI=1S/C10H15NO/c1-6-5-7(2)9(11-4)10(12)8(6)3/h5,11-12H,1-4H3. The van der Waals surface area contributed by atoms with E-state index in [2.05, 4.69) is 11.4 Å². The molecule has 0 aliphatic carbocycles. The summed E-state index contributed by atoms with van der Waals surface area (Å²) in [7, 11) is 1.82. The molecular formula is C10H15NO. The number of rotatable bonds is 1. The van der Waals surface area contributed by atoms with Crippen molar-refractivity contribution in [2.75, 3.05) is 12.4 Å². The van der Waals surface area contributed by atoms with Crippen LogP contribution in [0.25, 0.3) is 0 Å². The first-order chi connectivity index (χ1) is 5.57. The molecule has 1 aromatic carbocycles. The Bertz CT molecular complexity index is 305. The summed E-state index contributed by atoms with van der Waals surface area (Å²) >= 11 is 0. The lowest BCUT2D eigenvalue weighted by molar-refractivity contribution is 0.472. The Labute approximate surface area is 73.2 Å². The molecule has 2 nitrogen and oxygen atoms in total. The second kappa shape index (κ2) is 3.05. The zero-order chi connectivity index (χ0) is 9.30. The third-order valence-electron chi connectivity index (χ3n) is 2.26. The van der Waals surface area contributed by atoms with E-state index >= 15 is 0 Å². The predicted molar refractivity (Wildman–Crippen MR) is 51.9 cm³/mol. The molecule has 0 saturated heterocycles. The Kier molecular flexibility index (Phi) is 2.27. The molecule has 0 atom stereocenters. The fourth-order valence-electron chi connectivity index (χ4n) is 1.38. The van der Waals surface area contributed by atoms with Crippen molar-refractivity contribution in [3.8, 4) is 5.75 Å². The van der Waals surface area contributed by atoms with Gasteiger partial charge in [0.05, 0.1) is 5.69 Å². The maximum Gasteiger partial charge on any atom is 0.142 e. The van der Waals surface area contributed by atoms with Crippen molar-refractivity contribution in [3.05, 3.63) is 22.8 Å². The van der Waals surface area contributed by atoms with Crippen LogP contribution in [0.2, 0.25) is 0 Å². The Morgan fingerprint density at radius 1 is 1.17 bits per heavy atom. The van der Waals surface area contributed by atoms with Gasteiger partial charge in [-0.15, -0.1) is 0 Å². The monoisotopic (exact) mass is 165 g/mol. The van der Waals surface area contributed by atoms with Crippen LogP contribution < -0.4 is 5.32 Å². The molecule has 0 saturated carbocycles. The van der Waals surface area contributed by atoms with Gasteiger partial charge in [-0.1, -0.05) is 6.07 Å². The fraction of sp³-hybridized carbons (Fsp3) is 0.400. The topological polar surface area (TPSA) is 32.3 Å². The Balaban J connectivity index is 3.40. The van der Waals surface area contributed by atoms with Crippen LogP contribution in [0.3, 0.4) is 0 Å². The Hall–Kier alpha value is -1.18. The van der Waals surface area contributed by atoms with Crippen molar-refractivity contribution < 1.29 is 5.11 Å². The van der Waals surface area contributed by atoms with Crippen LogP contribution in [0.1, 0.15) is 16.7 Å². The number of nitrogens with one attached hydrogen (secondary N) is 1. The van der Waals surface area contributed by atoms with Gasteiger partial charge in [-0.3, -0.25) is 0 Å². The number of anilines is 1. The minimum atomic E-state index is 0.370. The van der Waals surface area contributed by atoms with Crippen LogP contribution in [-0.4, -0.2) is 12.2 Å². The quantitative estimate of drug-likeness (QED) is 0.626. The summed E-state index contributed by atoms with van der Waals surface area (Å²) in [6, 6.07) is 2.07. The Morgan fingerprint density at radius 2 is 1.75 bits per heavy atom. The Morgan fingerprint density at radius 3 is 2.25 bits per heavy atom. The molecule has 1 rings (SSSR count). The number of aromatic hydroxyl groups is 1. The summed E-state index contributed by atoms with van der Waals surface area (Å²) in [5.41, 5.74) is 3.99. The van der Waals surface area contributed by atoms with Crippen molar-refractivity contribution in [2.45, 2.75) is 20.8 Å². The minimum absolute atomic E-state index is 0.370. The van der Waals surface area contributed by atoms with Crippen LogP contribution in [-0.2, 0) is 0 Å². The lowest BCUT2D eigenvalue weighted by Gasteiger charge is -2.12. The van der Waals surface area contributed by atoms with Crippen molar-refractivity contribution >= 4 is 5.69 Å². The van der Waals surface area contributed by atoms with Crippen LogP contribution in [0.5, 0.6) is 5.75 Å². The second-order valence-corrected chi connectivity index (χ2v) is 3.11. The van der Waals surface area contributed by atoms with E-state index in [0.717, 1.165) is 22.4 Å². The zero-order valence-electron chi connectivity index (χ0n) is 8.02.